The summed E-state index contributed by atoms with van der Waals surface area (Å²) in [5, 5.41) is 16.4. The van der Waals surface area contributed by atoms with Gasteiger partial charge in [-0.15, -0.1) is 11.3 Å². The largest absolute Gasteiger partial charge is 0.277 e. The fourth-order valence-corrected chi connectivity index (χ4v) is 3.67. The molecule has 1 N–H and O–H groups in total. The van der Waals surface area contributed by atoms with E-state index < -0.39 is 0 Å². The summed E-state index contributed by atoms with van der Waals surface area (Å²) in [5.74, 6) is 0.635. The molecule has 0 saturated heterocycles. The molecule has 5 heteroatoms. The van der Waals surface area contributed by atoms with Gasteiger partial charge in [0.1, 0.15) is 6.07 Å². The van der Waals surface area contributed by atoms with Crippen LogP contribution in [-0.2, 0) is 6.42 Å². The maximum absolute atomic E-state index is 9.53. The fourth-order valence-electron chi connectivity index (χ4n) is 2.91. The van der Waals surface area contributed by atoms with E-state index in [0.717, 1.165) is 28.9 Å². The van der Waals surface area contributed by atoms with Gasteiger partial charge in [0.25, 0.3) is 0 Å². The maximum atomic E-state index is 9.53. The molecule has 3 aromatic rings. The number of hydrazone groups is 1. The van der Waals surface area contributed by atoms with Crippen molar-refractivity contribution in [1.29, 1.82) is 5.26 Å². The number of benzene rings is 2. The summed E-state index contributed by atoms with van der Waals surface area (Å²) in [7, 11) is 0. The number of nitrogens with one attached hydrogen (secondary N) is 1. The zero-order chi connectivity index (χ0) is 20.1. The van der Waals surface area contributed by atoms with Crippen molar-refractivity contribution in [3.8, 4) is 17.3 Å². The number of hydrogen-bond donors (Lipinski definition) is 1. The van der Waals surface area contributed by atoms with Crippen LogP contribution in [0, 0.1) is 31.1 Å². The van der Waals surface area contributed by atoms with Crippen LogP contribution in [0.4, 0.5) is 5.69 Å². The molecule has 28 heavy (non-hydrogen) atoms. The Hall–Kier alpha value is -2.97. The molecule has 0 radical (unpaired) electrons. The smallest absolute Gasteiger partial charge is 0.196 e. The van der Waals surface area contributed by atoms with Gasteiger partial charge >= 0.3 is 0 Å². The molecule has 1 aromatic heterocycles. The molecular weight excluding hydrogens is 364 g/mol. The second kappa shape index (κ2) is 8.81. The van der Waals surface area contributed by atoms with Crippen LogP contribution in [0.3, 0.4) is 0 Å². The Bertz CT molecular complexity index is 1020. The minimum absolute atomic E-state index is 0.286. The number of hydrogen-bond acceptors (Lipinski definition) is 5. The van der Waals surface area contributed by atoms with Crippen LogP contribution < -0.4 is 5.43 Å². The van der Waals surface area contributed by atoms with Gasteiger partial charge in [0, 0.05) is 10.9 Å². The van der Waals surface area contributed by atoms with E-state index in [4.69, 9.17) is 0 Å². The van der Waals surface area contributed by atoms with Crippen molar-refractivity contribution in [3.63, 3.8) is 0 Å². The monoisotopic (exact) mass is 388 g/mol. The normalized spacial score (nSPS) is 11.5. The van der Waals surface area contributed by atoms with Crippen molar-refractivity contribution < 1.29 is 0 Å². The summed E-state index contributed by atoms with van der Waals surface area (Å²) in [6, 6.07) is 16.6. The van der Waals surface area contributed by atoms with Crippen molar-refractivity contribution in [3.05, 3.63) is 69.5 Å². The second-order valence-corrected chi connectivity index (χ2v) is 8.12. The van der Waals surface area contributed by atoms with Crippen molar-refractivity contribution >= 4 is 22.7 Å². The molecule has 3 rings (SSSR count). The van der Waals surface area contributed by atoms with Gasteiger partial charge in [-0.05, 0) is 48.9 Å². The number of nitriles is 1. The molecule has 0 aliphatic carbocycles. The quantitative estimate of drug-likeness (QED) is 0.418. The minimum atomic E-state index is 0.286. The van der Waals surface area contributed by atoms with Gasteiger partial charge in [0.2, 0.25) is 0 Å². The lowest BCUT2D eigenvalue weighted by Crippen LogP contribution is -2.02. The summed E-state index contributed by atoms with van der Waals surface area (Å²) >= 11 is 1.43. The third kappa shape index (κ3) is 4.65. The number of thiazole rings is 1. The van der Waals surface area contributed by atoms with E-state index in [1.165, 1.54) is 22.5 Å². The summed E-state index contributed by atoms with van der Waals surface area (Å²) in [5.41, 5.74) is 9.72. The highest BCUT2D eigenvalue weighted by Crippen LogP contribution is 2.24. The zero-order valence-electron chi connectivity index (χ0n) is 16.7. The Morgan fingerprint density at radius 2 is 1.93 bits per heavy atom. The van der Waals surface area contributed by atoms with Crippen LogP contribution in [0.25, 0.3) is 11.3 Å². The molecule has 0 aliphatic heterocycles. The van der Waals surface area contributed by atoms with Gasteiger partial charge in [0.15, 0.2) is 10.7 Å². The van der Waals surface area contributed by atoms with E-state index in [1.54, 1.807) is 0 Å². The molecule has 0 spiro atoms. The van der Waals surface area contributed by atoms with Gasteiger partial charge in [-0.2, -0.15) is 10.4 Å². The standard InChI is InChI=1S/C23H24N4S/c1-15(2)12-18-8-10-19(11-9-18)22-14-28-23(25-22)21(13-24)27-26-20-7-5-6-16(3)17(20)4/h5-11,14-15,26H,12H2,1-4H3. The van der Waals surface area contributed by atoms with Crippen LogP contribution in [0.5, 0.6) is 0 Å². The molecule has 1 heterocycles. The predicted molar refractivity (Wildman–Crippen MR) is 118 cm³/mol. The zero-order valence-corrected chi connectivity index (χ0v) is 17.5. The highest BCUT2D eigenvalue weighted by molar-refractivity contribution is 7.12. The molecule has 0 unspecified atom stereocenters. The molecule has 0 amide bonds. The number of anilines is 1. The maximum Gasteiger partial charge on any atom is 0.196 e. The van der Waals surface area contributed by atoms with Crippen LogP contribution >= 0.6 is 11.3 Å². The van der Waals surface area contributed by atoms with Crippen molar-refractivity contribution in [2.24, 2.45) is 11.0 Å². The number of rotatable bonds is 6. The van der Waals surface area contributed by atoms with Crippen molar-refractivity contribution in [2.75, 3.05) is 5.43 Å². The third-order valence-electron chi connectivity index (χ3n) is 4.60. The lowest BCUT2D eigenvalue weighted by Gasteiger charge is -2.07. The summed E-state index contributed by atoms with van der Waals surface area (Å²) < 4.78 is 0. The molecule has 0 saturated carbocycles. The van der Waals surface area contributed by atoms with Crippen LogP contribution in [0.15, 0.2) is 52.9 Å². The molecule has 0 atom stereocenters. The minimum Gasteiger partial charge on any atom is -0.277 e. The highest BCUT2D eigenvalue weighted by Gasteiger charge is 2.11. The lowest BCUT2D eigenvalue weighted by atomic mass is 10.0. The van der Waals surface area contributed by atoms with Crippen molar-refractivity contribution in [1.82, 2.24) is 4.98 Å². The summed E-state index contributed by atoms with van der Waals surface area (Å²) in [4.78, 5) is 4.62. The molecule has 4 nitrogen and oxygen atoms in total. The predicted octanol–water partition coefficient (Wildman–Crippen LogP) is 5.97. The summed E-state index contributed by atoms with van der Waals surface area (Å²) in [6.07, 6.45) is 1.07. The molecule has 0 bridgehead atoms. The average Bonchev–Trinajstić information content (AvgIpc) is 3.15. The summed E-state index contributed by atoms with van der Waals surface area (Å²) in [6.45, 7) is 8.52. The van der Waals surface area contributed by atoms with Gasteiger partial charge < -0.3 is 0 Å². The van der Waals surface area contributed by atoms with Gasteiger partial charge in [0.05, 0.1) is 11.4 Å². The second-order valence-electron chi connectivity index (χ2n) is 7.26. The number of nitrogens with zero attached hydrogens (tertiary/aromatic N) is 3. The Kier molecular flexibility index (Phi) is 6.23. The average molecular weight is 389 g/mol. The van der Waals surface area contributed by atoms with E-state index in [1.807, 2.05) is 24.4 Å². The molecular formula is C23H24N4S. The molecule has 2 aromatic carbocycles. The van der Waals surface area contributed by atoms with E-state index in [2.05, 4.69) is 72.7 Å². The SMILES string of the molecule is Cc1cccc(NN=C(C#N)c2nc(-c3ccc(CC(C)C)cc3)cs2)c1C. The first-order chi connectivity index (χ1) is 13.5. The van der Waals surface area contributed by atoms with Crippen LogP contribution in [-0.4, -0.2) is 10.7 Å². The van der Waals surface area contributed by atoms with Crippen molar-refractivity contribution in [2.45, 2.75) is 34.1 Å². The van der Waals surface area contributed by atoms with Gasteiger partial charge in [-0.25, -0.2) is 4.98 Å². The Balaban J connectivity index is 1.79. The molecule has 0 aliphatic rings. The number of aryl methyl sites for hydroxylation is 1. The third-order valence-corrected chi connectivity index (χ3v) is 5.45. The first kappa shape index (κ1) is 19.8. The van der Waals surface area contributed by atoms with Crippen LogP contribution in [0.2, 0.25) is 0 Å². The van der Waals surface area contributed by atoms with Gasteiger partial charge in [-0.1, -0.05) is 50.2 Å². The van der Waals surface area contributed by atoms with Crippen LogP contribution in [0.1, 0.15) is 35.5 Å². The first-order valence-corrected chi connectivity index (χ1v) is 10.2. The highest BCUT2D eigenvalue weighted by atomic mass is 32.1. The van der Waals surface area contributed by atoms with Gasteiger partial charge in [-0.3, -0.25) is 5.43 Å². The Morgan fingerprint density at radius 3 is 2.61 bits per heavy atom. The Morgan fingerprint density at radius 1 is 1.18 bits per heavy atom. The topological polar surface area (TPSA) is 61.1 Å². The molecule has 0 fully saturated rings. The molecule has 142 valence electrons. The van der Waals surface area contributed by atoms with E-state index in [0.29, 0.717) is 10.9 Å². The van der Waals surface area contributed by atoms with E-state index in [-0.39, 0.29) is 5.71 Å². The fraction of sp³-hybridized carbons (Fsp3) is 0.261. The number of aromatic nitrogens is 1. The van der Waals surface area contributed by atoms with E-state index in [9.17, 15) is 5.26 Å². The Labute approximate surface area is 170 Å². The first-order valence-electron chi connectivity index (χ1n) is 9.33. The lowest BCUT2D eigenvalue weighted by molar-refractivity contribution is 0.647. The van der Waals surface area contributed by atoms with E-state index >= 15 is 0 Å².